The van der Waals surface area contributed by atoms with Gasteiger partial charge in [0.25, 0.3) is 0 Å². The highest BCUT2D eigenvalue weighted by Gasteiger charge is 2.41. The van der Waals surface area contributed by atoms with Crippen LogP contribution in [0.4, 0.5) is 0 Å². The van der Waals surface area contributed by atoms with Crippen molar-refractivity contribution >= 4 is 11.6 Å². The number of ether oxygens (including phenoxy) is 2. The Morgan fingerprint density at radius 1 is 1.39 bits per heavy atom. The van der Waals surface area contributed by atoms with Crippen LogP contribution in [0, 0.1) is 0 Å². The summed E-state index contributed by atoms with van der Waals surface area (Å²) in [5.74, 6) is 1.42. The van der Waals surface area contributed by atoms with Crippen LogP contribution in [0.25, 0.3) is 0 Å². The van der Waals surface area contributed by atoms with Crippen molar-refractivity contribution < 1.29 is 14.6 Å². The minimum Gasteiger partial charge on any atom is -0.493 e. The van der Waals surface area contributed by atoms with Gasteiger partial charge in [-0.15, -0.1) is 0 Å². The van der Waals surface area contributed by atoms with Crippen molar-refractivity contribution in [1.82, 2.24) is 0 Å². The Kier molecular flexibility index (Phi) is 2.91. The number of rotatable bonds is 5. The van der Waals surface area contributed by atoms with Crippen molar-refractivity contribution in [3.05, 3.63) is 22.7 Å². The summed E-state index contributed by atoms with van der Waals surface area (Å²) in [6.07, 6.45) is 4.78. The smallest absolute Gasteiger partial charge is 0.164 e. The van der Waals surface area contributed by atoms with Gasteiger partial charge in [-0.2, -0.15) is 0 Å². The topological polar surface area (TPSA) is 38.7 Å². The zero-order chi connectivity index (χ0) is 12.8. The first-order valence-electron chi connectivity index (χ1n) is 6.35. The Balaban J connectivity index is 1.93. The van der Waals surface area contributed by atoms with Crippen LogP contribution in [-0.4, -0.2) is 23.9 Å². The van der Waals surface area contributed by atoms with Crippen molar-refractivity contribution in [2.45, 2.75) is 43.8 Å². The fraction of sp³-hybridized carbons (Fsp3) is 0.571. The van der Waals surface area contributed by atoms with Crippen molar-refractivity contribution in [1.29, 1.82) is 0 Å². The molecule has 1 N–H and O–H groups in total. The highest BCUT2D eigenvalue weighted by atomic mass is 35.5. The van der Waals surface area contributed by atoms with Crippen molar-refractivity contribution in [3.8, 4) is 11.5 Å². The molecule has 0 amide bonds. The molecule has 0 spiro atoms. The molecule has 0 radical (unpaired) electrons. The quantitative estimate of drug-likeness (QED) is 0.892. The van der Waals surface area contributed by atoms with Gasteiger partial charge in [-0.1, -0.05) is 11.6 Å². The molecule has 98 valence electrons. The molecular weight excluding hydrogens is 252 g/mol. The first-order chi connectivity index (χ1) is 8.59. The lowest BCUT2D eigenvalue weighted by molar-refractivity contribution is 0.149. The van der Waals surface area contributed by atoms with Gasteiger partial charge in [-0.05, 0) is 31.7 Å². The molecule has 0 bridgehead atoms. The molecule has 0 aliphatic heterocycles. The van der Waals surface area contributed by atoms with E-state index >= 15 is 0 Å². The molecular formula is C14H17ClO3. The van der Waals surface area contributed by atoms with E-state index in [4.69, 9.17) is 21.1 Å². The zero-order valence-corrected chi connectivity index (χ0v) is 11.2. The number of aliphatic hydroxyl groups is 1. The molecule has 18 heavy (non-hydrogen) atoms. The molecule has 2 aliphatic carbocycles. The van der Waals surface area contributed by atoms with Gasteiger partial charge in [-0.3, -0.25) is 0 Å². The molecule has 3 rings (SSSR count). The third-order valence-corrected chi connectivity index (χ3v) is 3.69. The van der Waals surface area contributed by atoms with E-state index < -0.39 is 5.60 Å². The third kappa shape index (κ3) is 2.57. The lowest BCUT2D eigenvalue weighted by atomic mass is 10.0. The summed E-state index contributed by atoms with van der Waals surface area (Å²) in [6.45, 7) is 0. The van der Waals surface area contributed by atoms with Crippen LogP contribution in [0.5, 0.6) is 11.5 Å². The van der Waals surface area contributed by atoms with E-state index in [1.54, 1.807) is 13.2 Å². The second-order valence-corrected chi connectivity index (χ2v) is 5.75. The van der Waals surface area contributed by atoms with Gasteiger partial charge in [0.2, 0.25) is 0 Å². The number of hydrogen-bond acceptors (Lipinski definition) is 3. The maximum absolute atomic E-state index is 10.1. The Morgan fingerprint density at radius 2 is 2.11 bits per heavy atom. The highest BCUT2D eigenvalue weighted by molar-refractivity contribution is 6.30. The molecule has 0 unspecified atom stereocenters. The molecule has 2 aliphatic rings. The maximum atomic E-state index is 10.1. The fourth-order valence-corrected chi connectivity index (χ4v) is 2.30. The summed E-state index contributed by atoms with van der Waals surface area (Å²) in [5, 5.41) is 10.7. The lowest BCUT2D eigenvalue weighted by Gasteiger charge is -2.17. The largest absolute Gasteiger partial charge is 0.493 e. The van der Waals surface area contributed by atoms with Crippen LogP contribution in [0.1, 0.15) is 31.2 Å². The van der Waals surface area contributed by atoms with Gasteiger partial charge in [0.1, 0.15) is 0 Å². The molecule has 4 heteroatoms. The second-order valence-electron chi connectivity index (χ2n) is 5.31. The van der Waals surface area contributed by atoms with Crippen LogP contribution < -0.4 is 9.47 Å². The van der Waals surface area contributed by atoms with E-state index in [9.17, 15) is 5.11 Å². The molecule has 0 heterocycles. The molecule has 1 aromatic rings. The van der Waals surface area contributed by atoms with Gasteiger partial charge in [0.15, 0.2) is 11.5 Å². The van der Waals surface area contributed by atoms with Crippen molar-refractivity contribution in [3.63, 3.8) is 0 Å². The van der Waals surface area contributed by atoms with E-state index in [1.165, 1.54) is 0 Å². The minimum atomic E-state index is -0.558. The number of halogens is 1. The average molecular weight is 269 g/mol. The van der Waals surface area contributed by atoms with E-state index in [0.29, 0.717) is 23.3 Å². The Morgan fingerprint density at radius 3 is 2.67 bits per heavy atom. The second kappa shape index (κ2) is 4.32. The standard InChI is InChI=1S/C14H17ClO3/c1-17-12-7-10(15)6-9(8-14(16)4-5-14)13(12)18-11-2-3-11/h6-7,11,16H,2-5,8H2,1H3. The van der Waals surface area contributed by atoms with Gasteiger partial charge in [-0.25, -0.2) is 0 Å². The summed E-state index contributed by atoms with van der Waals surface area (Å²) < 4.78 is 11.3. The number of benzene rings is 1. The number of hydrogen-bond donors (Lipinski definition) is 1. The molecule has 3 nitrogen and oxygen atoms in total. The monoisotopic (exact) mass is 268 g/mol. The Labute approximate surface area is 112 Å². The van der Waals surface area contributed by atoms with Gasteiger partial charge < -0.3 is 14.6 Å². The van der Waals surface area contributed by atoms with Crippen LogP contribution in [0.2, 0.25) is 5.02 Å². The lowest BCUT2D eigenvalue weighted by Crippen LogP contribution is -2.13. The van der Waals surface area contributed by atoms with Crippen LogP contribution in [-0.2, 0) is 6.42 Å². The Hall–Kier alpha value is -0.930. The summed E-state index contributed by atoms with van der Waals surface area (Å²) in [7, 11) is 1.61. The van der Waals surface area contributed by atoms with E-state index in [-0.39, 0.29) is 0 Å². The van der Waals surface area contributed by atoms with Crippen LogP contribution >= 0.6 is 11.6 Å². The summed E-state index contributed by atoms with van der Waals surface area (Å²) >= 11 is 6.08. The fourth-order valence-electron chi connectivity index (χ4n) is 2.07. The first kappa shape index (κ1) is 12.1. The summed E-state index contributed by atoms with van der Waals surface area (Å²) in [4.78, 5) is 0. The average Bonchev–Trinajstić information content (AvgIpc) is 3.21. The van der Waals surface area contributed by atoms with Crippen molar-refractivity contribution in [2.75, 3.05) is 7.11 Å². The number of methoxy groups -OCH3 is 1. The molecule has 0 atom stereocenters. The highest BCUT2D eigenvalue weighted by Crippen LogP contribution is 2.44. The van der Waals surface area contributed by atoms with E-state index in [2.05, 4.69) is 0 Å². The van der Waals surface area contributed by atoms with Crippen LogP contribution in [0.15, 0.2) is 12.1 Å². The first-order valence-corrected chi connectivity index (χ1v) is 6.73. The minimum absolute atomic E-state index is 0.299. The molecule has 0 saturated heterocycles. The Bertz CT molecular complexity index is 464. The van der Waals surface area contributed by atoms with E-state index in [1.807, 2.05) is 6.07 Å². The van der Waals surface area contributed by atoms with Gasteiger partial charge >= 0.3 is 0 Å². The molecule has 2 saturated carbocycles. The zero-order valence-electron chi connectivity index (χ0n) is 10.4. The van der Waals surface area contributed by atoms with Crippen molar-refractivity contribution in [2.24, 2.45) is 0 Å². The summed E-state index contributed by atoms with van der Waals surface area (Å²) in [5.41, 5.74) is 0.392. The predicted molar refractivity (Wildman–Crippen MR) is 69.5 cm³/mol. The van der Waals surface area contributed by atoms with Gasteiger partial charge in [0.05, 0.1) is 18.8 Å². The maximum Gasteiger partial charge on any atom is 0.164 e. The molecule has 1 aromatic carbocycles. The summed E-state index contributed by atoms with van der Waals surface area (Å²) in [6, 6.07) is 3.64. The molecule has 2 fully saturated rings. The van der Waals surface area contributed by atoms with Gasteiger partial charge in [0, 0.05) is 23.1 Å². The third-order valence-electron chi connectivity index (χ3n) is 3.47. The SMILES string of the molecule is COc1cc(Cl)cc(CC2(O)CC2)c1OC1CC1. The normalized spacial score (nSPS) is 20.6. The molecule has 0 aromatic heterocycles. The van der Waals surface area contributed by atoms with Crippen LogP contribution in [0.3, 0.4) is 0 Å². The van der Waals surface area contributed by atoms with E-state index in [0.717, 1.165) is 37.0 Å². The predicted octanol–water partition coefficient (Wildman–Crippen LogP) is 2.96.